The minimum absolute atomic E-state index is 0.00234. The predicted octanol–water partition coefficient (Wildman–Crippen LogP) is 4.81. The summed E-state index contributed by atoms with van der Waals surface area (Å²) in [4.78, 5) is 11.6. The van der Waals surface area contributed by atoms with Crippen molar-refractivity contribution in [1.29, 1.82) is 0 Å². The number of nitrogens with zero attached hydrogens (tertiary/aromatic N) is 3. The molecule has 1 saturated heterocycles. The van der Waals surface area contributed by atoms with Gasteiger partial charge in [-0.1, -0.05) is 32.9 Å². The molecule has 1 heterocycles. The van der Waals surface area contributed by atoms with E-state index in [0.29, 0.717) is 12.5 Å². The largest absolute Gasteiger partial charge is 0.418 e. The smallest absolute Gasteiger partial charge is 0.370 e. The van der Waals surface area contributed by atoms with Gasteiger partial charge in [-0.3, -0.25) is 10.1 Å². The lowest BCUT2D eigenvalue weighted by Gasteiger charge is -2.26. The number of nitro groups is 1. The van der Waals surface area contributed by atoms with E-state index < -0.39 is 32.4 Å². The molecule has 0 aliphatic carbocycles. The molecule has 0 bridgehead atoms. The van der Waals surface area contributed by atoms with Crippen LogP contribution >= 0.6 is 0 Å². The van der Waals surface area contributed by atoms with Gasteiger partial charge >= 0.3 is 6.18 Å². The SMILES string of the molecule is CC(C)(C)c1ccc(S(=O)(=O)N2CCCN(c3ccc([N+](=O)[O-])cc3C(F)(F)F)CC2)cc1. The van der Waals surface area contributed by atoms with Gasteiger partial charge in [0.25, 0.3) is 5.69 Å². The monoisotopic (exact) mass is 485 g/mol. The molecule has 0 aromatic heterocycles. The number of sulfonamides is 1. The van der Waals surface area contributed by atoms with Crippen molar-refractivity contribution in [3.63, 3.8) is 0 Å². The van der Waals surface area contributed by atoms with Gasteiger partial charge < -0.3 is 4.90 Å². The van der Waals surface area contributed by atoms with Crippen molar-refractivity contribution in [3.8, 4) is 0 Å². The first kappa shape index (κ1) is 25.0. The summed E-state index contributed by atoms with van der Waals surface area (Å²) < 4.78 is 68.3. The lowest BCUT2D eigenvalue weighted by Crippen LogP contribution is -2.35. The molecule has 0 saturated carbocycles. The van der Waals surface area contributed by atoms with Crippen LogP contribution in [0.15, 0.2) is 47.4 Å². The lowest BCUT2D eigenvalue weighted by molar-refractivity contribution is -0.385. The van der Waals surface area contributed by atoms with Gasteiger partial charge in [-0.05, 0) is 35.6 Å². The zero-order valence-corrected chi connectivity index (χ0v) is 19.4. The van der Waals surface area contributed by atoms with Crippen LogP contribution in [0.4, 0.5) is 24.5 Å². The van der Waals surface area contributed by atoms with Crippen LogP contribution in [0, 0.1) is 10.1 Å². The standard InChI is InChI=1S/C22H26F3N3O4S/c1-21(2,3)16-5-8-18(9-6-16)33(31,32)27-12-4-11-26(13-14-27)20-10-7-17(28(29)30)15-19(20)22(23,24)25/h5-10,15H,4,11-14H2,1-3H3. The van der Waals surface area contributed by atoms with Crippen LogP contribution in [0.2, 0.25) is 0 Å². The van der Waals surface area contributed by atoms with E-state index in [1.54, 1.807) is 24.3 Å². The summed E-state index contributed by atoms with van der Waals surface area (Å²) in [5, 5.41) is 10.9. The van der Waals surface area contributed by atoms with Crippen molar-refractivity contribution >= 4 is 21.4 Å². The topological polar surface area (TPSA) is 83.8 Å². The highest BCUT2D eigenvalue weighted by atomic mass is 32.2. The van der Waals surface area contributed by atoms with E-state index in [9.17, 15) is 31.7 Å². The summed E-state index contributed by atoms with van der Waals surface area (Å²) in [5.74, 6) is 0. The summed E-state index contributed by atoms with van der Waals surface area (Å²) in [6.45, 7) is 6.44. The molecule has 1 aliphatic rings. The molecule has 0 N–H and O–H groups in total. The lowest BCUT2D eigenvalue weighted by atomic mass is 9.87. The second-order valence-corrected chi connectivity index (χ2v) is 10.9. The molecule has 0 amide bonds. The molecule has 2 aromatic rings. The minimum atomic E-state index is -4.78. The van der Waals surface area contributed by atoms with E-state index in [2.05, 4.69) is 0 Å². The van der Waals surface area contributed by atoms with Gasteiger partial charge in [-0.2, -0.15) is 17.5 Å². The maximum absolute atomic E-state index is 13.6. The van der Waals surface area contributed by atoms with Crippen LogP contribution in [0.1, 0.15) is 38.3 Å². The van der Waals surface area contributed by atoms with E-state index in [1.807, 2.05) is 20.8 Å². The van der Waals surface area contributed by atoms with Crippen LogP contribution < -0.4 is 4.90 Å². The third-order valence-electron chi connectivity index (χ3n) is 5.65. The van der Waals surface area contributed by atoms with Gasteiger partial charge in [0, 0.05) is 44.0 Å². The number of hydrogen-bond acceptors (Lipinski definition) is 5. The average Bonchev–Trinajstić information content (AvgIpc) is 2.99. The van der Waals surface area contributed by atoms with Gasteiger partial charge in [-0.15, -0.1) is 0 Å². The highest BCUT2D eigenvalue weighted by molar-refractivity contribution is 7.89. The van der Waals surface area contributed by atoms with E-state index in [-0.39, 0.29) is 42.2 Å². The number of nitro benzene ring substituents is 1. The Labute approximate surface area is 191 Å². The number of rotatable bonds is 4. The first-order valence-electron chi connectivity index (χ1n) is 10.4. The molecule has 2 aromatic carbocycles. The molecule has 11 heteroatoms. The summed E-state index contributed by atoms with van der Waals surface area (Å²) in [6, 6.07) is 9.27. The fourth-order valence-electron chi connectivity index (χ4n) is 3.79. The number of hydrogen-bond donors (Lipinski definition) is 0. The van der Waals surface area contributed by atoms with E-state index >= 15 is 0 Å². The van der Waals surface area contributed by atoms with E-state index in [4.69, 9.17) is 0 Å². The van der Waals surface area contributed by atoms with Gasteiger partial charge in [0.1, 0.15) is 0 Å². The van der Waals surface area contributed by atoms with Crippen LogP contribution in [-0.4, -0.2) is 43.8 Å². The molecule has 0 unspecified atom stereocenters. The molecule has 1 fully saturated rings. The maximum Gasteiger partial charge on any atom is 0.418 e. The van der Waals surface area contributed by atoms with Gasteiger partial charge in [0.15, 0.2) is 0 Å². The minimum Gasteiger partial charge on any atom is -0.370 e. The molecule has 0 spiro atoms. The predicted molar refractivity (Wildman–Crippen MR) is 119 cm³/mol. The molecule has 1 aliphatic heterocycles. The molecule has 0 atom stereocenters. The summed E-state index contributed by atoms with van der Waals surface area (Å²) >= 11 is 0. The quantitative estimate of drug-likeness (QED) is 0.458. The molecule has 3 rings (SSSR count). The summed E-state index contributed by atoms with van der Waals surface area (Å²) in [6.07, 6.45) is -4.47. The van der Waals surface area contributed by atoms with Gasteiger partial charge in [0.2, 0.25) is 10.0 Å². The number of halogens is 3. The Morgan fingerprint density at radius 1 is 0.939 bits per heavy atom. The Bertz CT molecular complexity index is 1130. The van der Waals surface area contributed by atoms with Gasteiger partial charge in [-0.25, -0.2) is 8.42 Å². The molecule has 33 heavy (non-hydrogen) atoms. The highest BCUT2D eigenvalue weighted by Crippen LogP contribution is 2.39. The highest BCUT2D eigenvalue weighted by Gasteiger charge is 2.37. The van der Waals surface area contributed by atoms with E-state index in [0.717, 1.165) is 17.7 Å². The third-order valence-corrected chi connectivity index (χ3v) is 7.56. The van der Waals surface area contributed by atoms with Gasteiger partial charge in [0.05, 0.1) is 15.4 Å². The summed E-state index contributed by atoms with van der Waals surface area (Å²) in [7, 11) is -3.81. The van der Waals surface area contributed by atoms with Crippen LogP contribution in [0.25, 0.3) is 0 Å². The Hall–Kier alpha value is -2.66. The zero-order chi connectivity index (χ0) is 24.6. The van der Waals surface area contributed by atoms with Crippen molar-refractivity contribution < 1.29 is 26.5 Å². The second-order valence-electron chi connectivity index (χ2n) is 8.98. The Balaban J connectivity index is 1.84. The van der Waals surface area contributed by atoms with Crippen LogP contribution in [-0.2, 0) is 21.6 Å². The molecule has 0 radical (unpaired) electrons. The summed E-state index contributed by atoms with van der Waals surface area (Å²) in [5.41, 5.74) is -1.09. The Kier molecular flexibility index (Phi) is 6.77. The average molecular weight is 486 g/mol. The Morgan fingerprint density at radius 3 is 2.12 bits per heavy atom. The van der Waals surface area contributed by atoms with Crippen molar-refractivity contribution in [2.75, 3.05) is 31.1 Å². The zero-order valence-electron chi connectivity index (χ0n) is 18.6. The third kappa shape index (κ3) is 5.47. The maximum atomic E-state index is 13.6. The van der Waals surface area contributed by atoms with Crippen molar-refractivity contribution in [2.24, 2.45) is 0 Å². The Morgan fingerprint density at radius 2 is 1.58 bits per heavy atom. The first-order chi connectivity index (χ1) is 15.2. The first-order valence-corrected chi connectivity index (χ1v) is 11.9. The van der Waals surface area contributed by atoms with E-state index in [1.165, 1.54) is 9.21 Å². The molecule has 7 nitrogen and oxygen atoms in total. The second kappa shape index (κ2) is 8.94. The number of non-ortho nitro benzene ring substituents is 1. The molecule has 180 valence electrons. The van der Waals surface area contributed by atoms with Crippen LogP contribution in [0.5, 0.6) is 0 Å². The van der Waals surface area contributed by atoms with Crippen molar-refractivity contribution in [1.82, 2.24) is 4.31 Å². The van der Waals surface area contributed by atoms with Crippen molar-refractivity contribution in [2.45, 2.75) is 43.7 Å². The molecular weight excluding hydrogens is 459 g/mol. The fourth-order valence-corrected chi connectivity index (χ4v) is 5.26. The number of anilines is 1. The van der Waals surface area contributed by atoms with Crippen LogP contribution in [0.3, 0.4) is 0 Å². The number of alkyl halides is 3. The van der Waals surface area contributed by atoms with Crippen molar-refractivity contribution in [3.05, 3.63) is 63.7 Å². The fraction of sp³-hybridized carbons (Fsp3) is 0.455. The molecular formula is C22H26F3N3O4S. The normalized spacial score (nSPS) is 16.5. The number of benzene rings is 2.